The number of nitrogens with one attached hydrogen (secondary N) is 1. The van der Waals surface area contributed by atoms with Gasteiger partial charge in [-0.3, -0.25) is 4.79 Å². The second-order valence-corrected chi connectivity index (χ2v) is 8.16. The van der Waals surface area contributed by atoms with Crippen molar-refractivity contribution in [3.05, 3.63) is 64.4 Å². The molecule has 1 aromatic carbocycles. The van der Waals surface area contributed by atoms with E-state index in [1.807, 2.05) is 19.9 Å². The molecule has 2 unspecified atom stereocenters. The third-order valence-electron chi connectivity index (χ3n) is 6.21. The van der Waals surface area contributed by atoms with Gasteiger partial charge in [0.2, 0.25) is 0 Å². The number of benzene rings is 1. The minimum absolute atomic E-state index is 0.119. The number of nitrogens with zero attached hydrogens (tertiary/aromatic N) is 3. The molecule has 5 nitrogen and oxygen atoms in total. The van der Waals surface area contributed by atoms with Crippen LogP contribution in [0.2, 0.25) is 0 Å². The van der Waals surface area contributed by atoms with Gasteiger partial charge in [-0.2, -0.15) is 5.10 Å². The summed E-state index contributed by atoms with van der Waals surface area (Å²) in [5.41, 5.74) is 4.26. The van der Waals surface area contributed by atoms with Gasteiger partial charge >= 0.3 is 0 Å². The highest BCUT2D eigenvalue weighted by atomic mass is 19.1. The molecule has 1 aliphatic carbocycles. The van der Waals surface area contributed by atoms with E-state index in [0.29, 0.717) is 29.1 Å². The topological polar surface area (TPSA) is 59.3 Å². The molecule has 0 aliphatic heterocycles. The highest BCUT2D eigenvalue weighted by Crippen LogP contribution is 2.25. The average molecular weight is 394 g/mol. The van der Waals surface area contributed by atoms with Crippen LogP contribution in [0.1, 0.15) is 65.5 Å². The highest BCUT2D eigenvalue weighted by Gasteiger charge is 2.25. The monoisotopic (exact) mass is 394 g/mol. The summed E-state index contributed by atoms with van der Waals surface area (Å²) in [6.45, 7) is 6.04. The minimum atomic E-state index is -0.228. The van der Waals surface area contributed by atoms with Gasteiger partial charge in [0.1, 0.15) is 11.4 Å². The Balaban J connectivity index is 1.65. The van der Waals surface area contributed by atoms with E-state index in [9.17, 15) is 9.18 Å². The Morgan fingerprint density at radius 1 is 1.24 bits per heavy atom. The highest BCUT2D eigenvalue weighted by molar-refractivity contribution is 5.99. The molecule has 3 aromatic rings. The number of aromatic nitrogens is 3. The van der Waals surface area contributed by atoms with Crippen LogP contribution >= 0.6 is 0 Å². The fourth-order valence-electron chi connectivity index (χ4n) is 4.34. The summed E-state index contributed by atoms with van der Waals surface area (Å²) in [6.07, 6.45) is 6.58. The quantitative estimate of drug-likeness (QED) is 0.714. The van der Waals surface area contributed by atoms with E-state index < -0.39 is 0 Å². The van der Waals surface area contributed by atoms with E-state index in [1.54, 1.807) is 22.8 Å². The lowest BCUT2D eigenvalue weighted by molar-refractivity contribution is 0.0911. The molecule has 2 heterocycles. The summed E-state index contributed by atoms with van der Waals surface area (Å²) in [5.74, 6) is 0.138. The molecule has 1 amide bonds. The molecule has 1 saturated carbocycles. The SMILES string of the molecule is Cc1nc2c(C(=O)NC3CCCCC3C)cnn2c(C)c1Cc1ccccc1F. The molecule has 2 aromatic heterocycles. The van der Waals surface area contributed by atoms with Crippen LogP contribution < -0.4 is 5.32 Å². The van der Waals surface area contributed by atoms with Crippen molar-refractivity contribution in [1.82, 2.24) is 19.9 Å². The molecule has 1 N–H and O–H groups in total. The Bertz CT molecular complexity index is 1060. The first kappa shape index (κ1) is 19.6. The van der Waals surface area contributed by atoms with E-state index in [-0.39, 0.29) is 17.8 Å². The number of aryl methyl sites for hydroxylation is 2. The maximum absolute atomic E-state index is 14.1. The molecule has 1 aliphatic rings. The lowest BCUT2D eigenvalue weighted by Gasteiger charge is -2.29. The van der Waals surface area contributed by atoms with Crippen LogP contribution in [0.15, 0.2) is 30.5 Å². The molecule has 152 valence electrons. The Kier molecular flexibility index (Phi) is 5.35. The predicted octanol–water partition coefficient (Wildman–Crippen LogP) is 4.38. The minimum Gasteiger partial charge on any atom is -0.349 e. The maximum atomic E-state index is 14.1. The molecule has 2 atom stereocenters. The molecule has 0 radical (unpaired) electrons. The van der Waals surface area contributed by atoms with Crippen molar-refractivity contribution in [3.63, 3.8) is 0 Å². The third-order valence-corrected chi connectivity index (χ3v) is 6.21. The zero-order valence-electron chi connectivity index (χ0n) is 17.2. The van der Waals surface area contributed by atoms with E-state index in [2.05, 4.69) is 22.3 Å². The van der Waals surface area contributed by atoms with Gasteiger partial charge in [-0.1, -0.05) is 38.0 Å². The number of carbonyl (C=O) groups excluding carboxylic acids is 1. The molecule has 1 fully saturated rings. The van der Waals surface area contributed by atoms with Gasteiger partial charge < -0.3 is 5.32 Å². The molecular weight excluding hydrogens is 367 g/mol. The van der Waals surface area contributed by atoms with Crippen molar-refractivity contribution in [1.29, 1.82) is 0 Å². The number of fused-ring (bicyclic) bond motifs is 1. The lowest BCUT2D eigenvalue weighted by Crippen LogP contribution is -2.41. The van der Waals surface area contributed by atoms with Gasteiger partial charge in [0.25, 0.3) is 5.91 Å². The first-order valence-corrected chi connectivity index (χ1v) is 10.3. The fourth-order valence-corrected chi connectivity index (χ4v) is 4.34. The van der Waals surface area contributed by atoms with Crippen LogP contribution in [0.4, 0.5) is 4.39 Å². The van der Waals surface area contributed by atoms with Crippen molar-refractivity contribution >= 4 is 11.6 Å². The van der Waals surface area contributed by atoms with Crippen molar-refractivity contribution in [2.75, 3.05) is 0 Å². The van der Waals surface area contributed by atoms with Crippen LogP contribution in [0, 0.1) is 25.6 Å². The number of halogens is 1. The van der Waals surface area contributed by atoms with Gasteiger partial charge in [-0.15, -0.1) is 0 Å². The maximum Gasteiger partial charge on any atom is 0.256 e. The van der Waals surface area contributed by atoms with E-state index in [0.717, 1.165) is 36.2 Å². The lowest BCUT2D eigenvalue weighted by atomic mass is 9.86. The third kappa shape index (κ3) is 3.76. The Hall–Kier alpha value is -2.76. The molecule has 29 heavy (non-hydrogen) atoms. The van der Waals surface area contributed by atoms with Gasteiger partial charge in [0.15, 0.2) is 5.65 Å². The van der Waals surface area contributed by atoms with Crippen LogP contribution in [-0.4, -0.2) is 26.5 Å². The molecular formula is C23H27FN4O. The van der Waals surface area contributed by atoms with Gasteiger partial charge in [0, 0.05) is 23.9 Å². The van der Waals surface area contributed by atoms with Crippen molar-refractivity contribution in [2.24, 2.45) is 5.92 Å². The summed E-state index contributed by atoms with van der Waals surface area (Å²) in [7, 11) is 0. The fraction of sp³-hybridized carbons (Fsp3) is 0.435. The second-order valence-electron chi connectivity index (χ2n) is 8.16. The number of carbonyl (C=O) groups is 1. The molecule has 4 rings (SSSR count). The van der Waals surface area contributed by atoms with E-state index in [1.165, 1.54) is 12.5 Å². The first-order chi connectivity index (χ1) is 14.0. The summed E-state index contributed by atoms with van der Waals surface area (Å²) >= 11 is 0. The molecule has 6 heteroatoms. The number of hydrogen-bond acceptors (Lipinski definition) is 3. The van der Waals surface area contributed by atoms with E-state index in [4.69, 9.17) is 0 Å². The van der Waals surface area contributed by atoms with Crippen LogP contribution in [-0.2, 0) is 6.42 Å². The first-order valence-electron chi connectivity index (χ1n) is 10.3. The summed E-state index contributed by atoms with van der Waals surface area (Å²) < 4.78 is 15.8. The van der Waals surface area contributed by atoms with Crippen LogP contribution in [0.5, 0.6) is 0 Å². The van der Waals surface area contributed by atoms with Gasteiger partial charge in [-0.25, -0.2) is 13.9 Å². The summed E-state index contributed by atoms with van der Waals surface area (Å²) in [6, 6.07) is 6.97. The summed E-state index contributed by atoms with van der Waals surface area (Å²) in [5, 5.41) is 7.60. The predicted molar refractivity (Wildman–Crippen MR) is 111 cm³/mol. The normalized spacial score (nSPS) is 19.4. The van der Waals surface area contributed by atoms with Crippen LogP contribution in [0.25, 0.3) is 5.65 Å². The van der Waals surface area contributed by atoms with Crippen molar-refractivity contribution in [3.8, 4) is 0 Å². The average Bonchev–Trinajstić information content (AvgIpc) is 3.12. The standard InChI is InChI=1S/C23H27FN4O/c1-14-8-4-7-11-21(14)27-23(29)19-13-25-28-16(3)18(15(2)26-22(19)28)12-17-9-5-6-10-20(17)24/h5-6,9-10,13-14,21H,4,7-8,11-12H2,1-3H3,(H,27,29). The molecule has 0 bridgehead atoms. The molecule has 0 spiro atoms. The Morgan fingerprint density at radius 2 is 2.00 bits per heavy atom. The van der Waals surface area contributed by atoms with E-state index >= 15 is 0 Å². The van der Waals surface area contributed by atoms with Crippen molar-refractivity contribution in [2.45, 2.75) is 58.9 Å². The smallest absolute Gasteiger partial charge is 0.256 e. The number of rotatable bonds is 4. The number of hydrogen-bond donors (Lipinski definition) is 1. The zero-order chi connectivity index (χ0) is 20.5. The summed E-state index contributed by atoms with van der Waals surface area (Å²) in [4.78, 5) is 17.6. The van der Waals surface area contributed by atoms with Gasteiger partial charge in [0.05, 0.1) is 6.20 Å². The largest absolute Gasteiger partial charge is 0.349 e. The molecule has 0 saturated heterocycles. The second kappa shape index (κ2) is 7.93. The van der Waals surface area contributed by atoms with Gasteiger partial charge in [-0.05, 0) is 49.8 Å². The zero-order valence-corrected chi connectivity index (χ0v) is 17.2. The Morgan fingerprint density at radius 3 is 2.76 bits per heavy atom. The number of amides is 1. The van der Waals surface area contributed by atoms with Crippen LogP contribution in [0.3, 0.4) is 0 Å². The van der Waals surface area contributed by atoms with Crippen molar-refractivity contribution < 1.29 is 9.18 Å². The Labute approximate surface area is 170 Å².